The lowest BCUT2D eigenvalue weighted by Gasteiger charge is -2.41. The van der Waals surface area contributed by atoms with Gasteiger partial charge in [0.15, 0.2) is 0 Å². The van der Waals surface area contributed by atoms with E-state index in [9.17, 15) is 9.18 Å². The van der Waals surface area contributed by atoms with Crippen molar-refractivity contribution in [3.63, 3.8) is 0 Å². The zero-order valence-corrected chi connectivity index (χ0v) is 14.0. The highest BCUT2D eigenvalue weighted by Crippen LogP contribution is 2.20. The molecule has 0 aromatic carbocycles. The van der Waals surface area contributed by atoms with Gasteiger partial charge in [-0.3, -0.25) is 0 Å². The number of ether oxygens (including phenoxy) is 2. The molecule has 0 N–H and O–H groups in total. The number of nitrogens with zero attached hydrogens (tertiary/aromatic N) is 4. The molecule has 0 aliphatic carbocycles. The second-order valence-electron chi connectivity index (χ2n) is 6.43. The van der Waals surface area contributed by atoms with Crippen LogP contribution in [0.4, 0.5) is 15.0 Å². The molecule has 8 heteroatoms. The Morgan fingerprint density at radius 2 is 2.13 bits per heavy atom. The van der Waals surface area contributed by atoms with Crippen LogP contribution in [0.1, 0.15) is 20.8 Å². The van der Waals surface area contributed by atoms with Crippen LogP contribution in [0.2, 0.25) is 0 Å². The Balaban J connectivity index is 2.10. The van der Waals surface area contributed by atoms with Gasteiger partial charge in [-0.05, 0) is 20.8 Å². The van der Waals surface area contributed by atoms with Crippen LogP contribution in [0, 0.1) is 5.95 Å². The minimum Gasteiger partial charge on any atom is -0.444 e. The lowest BCUT2D eigenvalue weighted by Crippen LogP contribution is -2.57. The van der Waals surface area contributed by atoms with Crippen molar-refractivity contribution in [3.8, 4) is 0 Å². The Labute approximate surface area is 135 Å². The predicted octanol–water partition coefficient (Wildman–Crippen LogP) is 1.69. The van der Waals surface area contributed by atoms with Crippen LogP contribution < -0.4 is 4.90 Å². The second-order valence-corrected chi connectivity index (χ2v) is 6.43. The summed E-state index contributed by atoms with van der Waals surface area (Å²) in [5.74, 6) is -0.0934. The number of rotatable bonds is 3. The van der Waals surface area contributed by atoms with Gasteiger partial charge in [0.1, 0.15) is 17.7 Å². The molecule has 1 saturated heterocycles. The van der Waals surface area contributed by atoms with Gasteiger partial charge in [-0.1, -0.05) is 0 Å². The number of carbonyl (C=O) groups is 1. The van der Waals surface area contributed by atoms with Crippen LogP contribution in [0.3, 0.4) is 0 Å². The molecule has 7 nitrogen and oxygen atoms in total. The molecule has 0 unspecified atom stereocenters. The van der Waals surface area contributed by atoms with Crippen molar-refractivity contribution in [2.24, 2.45) is 0 Å². The Morgan fingerprint density at radius 1 is 1.39 bits per heavy atom. The van der Waals surface area contributed by atoms with Gasteiger partial charge >= 0.3 is 6.09 Å². The summed E-state index contributed by atoms with van der Waals surface area (Å²) in [4.78, 5) is 23.4. The highest BCUT2D eigenvalue weighted by Gasteiger charge is 2.32. The molecule has 1 aromatic heterocycles. The first-order valence-corrected chi connectivity index (χ1v) is 7.51. The van der Waals surface area contributed by atoms with Crippen LogP contribution in [-0.4, -0.2) is 66.0 Å². The maximum absolute atomic E-state index is 13.3. The quantitative estimate of drug-likeness (QED) is 0.788. The van der Waals surface area contributed by atoms with Crippen molar-refractivity contribution < 1.29 is 18.7 Å². The average molecular weight is 326 g/mol. The summed E-state index contributed by atoms with van der Waals surface area (Å²) in [6, 6.07) is 1.15. The Morgan fingerprint density at radius 3 is 2.74 bits per heavy atom. The Kier molecular flexibility index (Phi) is 5.35. The van der Waals surface area contributed by atoms with E-state index in [-0.39, 0.29) is 12.1 Å². The maximum Gasteiger partial charge on any atom is 0.410 e. The number of hydrogen-bond donors (Lipinski definition) is 0. The van der Waals surface area contributed by atoms with Crippen LogP contribution >= 0.6 is 0 Å². The van der Waals surface area contributed by atoms with Crippen molar-refractivity contribution in [2.75, 3.05) is 38.3 Å². The van der Waals surface area contributed by atoms with E-state index in [1.54, 1.807) is 12.0 Å². The summed E-state index contributed by atoms with van der Waals surface area (Å²) in [5, 5.41) is 0. The summed E-state index contributed by atoms with van der Waals surface area (Å²) >= 11 is 0. The van der Waals surface area contributed by atoms with Crippen molar-refractivity contribution in [2.45, 2.75) is 32.4 Å². The van der Waals surface area contributed by atoms with Gasteiger partial charge in [0.05, 0.1) is 12.6 Å². The van der Waals surface area contributed by atoms with Crippen LogP contribution in [0.5, 0.6) is 0 Å². The molecule has 0 radical (unpaired) electrons. The number of methoxy groups -OCH3 is 1. The number of aromatic nitrogens is 2. The third kappa shape index (κ3) is 4.75. The molecule has 1 aliphatic rings. The van der Waals surface area contributed by atoms with E-state index in [0.717, 1.165) is 0 Å². The molecule has 1 fully saturated rings. The zero-order chi connectivity index (χ0) is 17.0. The van der Waals surface area contributed by atoms with E-state index in [4.69, 9.17) is 9.47 Å². The number of halogens is 1. The van der Waals surface area contributed by atoms with Crippen LogP contribution in [0.15, 0.2) is 12.4 Å². The second kappa shape index (κ2) is 7.08. The van der Waals surface area contributed by atoms with E-state index < -0.39 is 11.5 Å². The standard InChI is InChI=1S/C15H23FN4O3/c1-15(2,3)23-14(21)19-5-6-20(11(8-19)9-22-4)13-7-12(16)17-10-18-13/h7,10-11H,5-6,8-9H2,1-4H3/t11-/m1/s1. The highest BCUT2D eigenvalue weighted by molar-refractivity contribution is 5.68. The molecule has 128 valence electrons. The fraction of sp³-hybridized carbons (Fsp3) is 0.667. The number of piperazine rings is 1. The molecule has 2 heterocycles. The van der Waals surface area contributed by atoms with Gasteiger partial charge in [-0.15, -0.1) is 0 Å². The van der Waals surface area contributed by atoms with E-state index in [1.807, 2.05) is 25.7 Å². The molecule has 1 aromatic rings. The smallest absolute Gasteiger partial charge is 0.410 e. The summed E-state index contributed by atoms with van der Waals surface area (Å²) in [7, 11) is 1.59. The molecule has 2 rings (SSSR count). The monoisotopic (exact) mass is 326 g/mol. The Hall–Kier alpha value is -1.96. The van der Waals surface area contributed by atoms with Crippen molar-refractivity contribution in [1.29, 1.82) is 0 Å². The third-order valence-corrected chi connectivity index (χ3v) is 3.41. The number of amides is 1. The number of anilines is 1. The molecule has 23 heavy (non-hydrogen) atoms. The lowest BCUT2D eigenvalue weighted by atomic mass is 10.1. The normalized spacial score (nSPS) is 18.9. The SMILES string of the molecule is COC[C@H]1CN(C(=O)OC(C)(C)C)CCN1c1cc(F)ncn1. The molecule has 1 atom stereocenters. The van der Waals surface area contributed by atoms with Crippen molar-refractivity contribution in [1.82, 2.24) is 14.9 Å². The first kappa shape index (κ1) is 17.4. The van der Waals surface area contributed by atoms with Gasteiger partial charge in [0.25, 0.3) is 0 Å². The van der Waals surface area contributed by atoms with Crippen molar-refractivity contribution in [3.05, 3.63) is 18.3 Å². The number of hydrogen-bond acceptors (Lipinski definition) is 6. The fourth-order valence-corrected chi connectivity index (χ4v) is 2.47. The molecule has 0 saturated carbocycles. The fourth-order valence-electron chi connectivity index (χ4n) is 2.47. The number of carbonyl (C=O) groups excluding carboxylic acids is 1. The summed E-state index contributed by atoms with van der Waals surface area (Å²) in [6.45, 7) is 7.30. The first-order chi connectivity index (χ1) is 10.8. The molecular weight excluding hydrogens is 303 g/mol. The molecule has 0 spiro atoms. The largest absolute Gasteiger partial charge is 0.444 e. The summed E-state index contributed by atoms with van der Waals surface area (Å²) in [6.07, 6.45) is 0.835. The summed E-state index contributed by atoms with van der Waals surface area (Å²) in [5.41, 5.74) is -0.541. The van der Waals surface area contributed by atoms with E-state index >= 15 is 0 Å². The molecular formula is C15H23FN4O3. The van der Waals surface area contributed by atoms with Gasteiger partial charge in [-0.2, -0.15) is 4.39 Å². The third-order valence-electron chi connectivity index (χ3n) is 3.41. The van der Waals surface area contributed by atoms with E-state index in [2.05, 4.69) is 9.97 Å². The van der Waals surface area contributed by atoms with Gasteiger partial charge < -0.3 is 19.3 Å². The highest BCUT2D eigenvalue weighted by atomic mass is 19.1. The molecule has 1 aliphatic heterocycles. The van der Waals surface area contributed by atoms with Gasteiger partial charge in [-0.25, -0.2) is 14.8 Å². The van der Waals surface area contributed by atoms with E-state index in [1.165, 1.54) is 12.4 Å². The minimum absolute atomic E-state index is 0.129. The van der Waals surface area contributed by atoms with Crippen LogP contribution in [-0.2, 0) is 9.47 Å². The molecule has 0 bridgehead atoms. The molecule has 1 amide bonds. The zero-order valence-electron chi connectivity index (χ0n) is 14.0. The van der Waals surface area contributed by atoms with Crippen molar-refractivity contribution >= 4 is 11.9 Å². The average Bonchev–Trinajstić information content (AvgIpc) is 2.45. The minimum atomic E-state index is -0.583. The Bertz CT molecular complexity index is 550. The summed E-state index contributed by atoms with van der Waals surface area (Å²) < 4.78 is 24.0. The topological polar surface area (TPSA) is 67.8 Å². The first-order valence-electron chi connectivity index (χ1n) is 7.51. The van der Waals surface area contributed by atoms with Gasteiger partial charge in [0.2, 0.25) is 5.95 Å². The predicted molar refractivity (Wildman–Crippen MR) is 82.8 cm³/mol. The van der Waals surface area contributed by atoms with Gasteiger partial charge in [0, 0.05) is 32.8 Å². The van der Waals surface area contributed by atoms with E-state index in [0.29, 0.717) is 32.1 Å². The lowest BCUT2D eigenvalue weighted by molar-refractivity contribution is 0.0186. The van der Waals surface area contributed by atoms with Crippen LogP contribution in [0.25, 0.3) is 0 Å². The maximum atomic E-state index is 13.3.